The molecule has 0 N–H and O–H groups in total. The number of fused-ring (bicyclic) bond motifs is 1. The molecule has 0 aliphatic carbocycles. The number of rotatable bonds is 2. The molecule has 0 unspecified atom stereocenters. The summed E-state index contributed by atoms with van der Waals surface area (Å²) >= 11 is 0. The predicted molar refractivity (Wildman–Crippen MR) is 69.3 cm³/mol. The van der Waals surface area contributed by atoms with E-state index in [0.29, 0.717) is 6.04 Å². The quantitative estimate of drug-likeness (QED) is 0.773. The largest absolute Gasteiger partial charge is 0.497 e. The van der Waals surface area contributed by atoms with Gasteiger partial charge in [0.2, 0.25) is 0 Å². The first kappa shape index (κ1) is 11.1. The molecule has 2 nitrogen and oxygen atoms in total. The molecule has 92 valence electrons. The summed E-state index contributed by atoms with van der Waals surface area (Å²) in [5, 5.41) is 0. The van der Waals surface area contributed by atoms with E-state index >= 15 is 0 Å². The van der Waals surface area contributed by atoms with Crippen LogP contribution in [-0.2, 0) is 0 Å². The molecule has 0 amide bonds. The third-order valence-corrected chi connectivity index (χ3v) is 4.35. The van der Waals surface area contributed by atoms with Gasteiger partial charge >= 0.3 is 0 Å². The normalized spacial score (nSPS) is 29.0. The molecule has 17 heavy (non-hydrogen) atoms. The molecule has 0 radical (unpaired) electrons. The van der Waals surface area contributed by atoms with Crippen LogP contribution >= 0.6 is 0 Å². The number of hydrogen-bond donors (Lipinski definition) is 0. The molecule has 0 saturated carbocycles. The van der Waals surface area contributed by atoms with E-state index in [-0.39, 0.29) is 0 Å². The van der Waals surface area contributed by atoms with E-state index in [0.717, 1.165) is 11.8 Å². The zero-order valence-corrected chi connectivity index (χ0v) is 10.6. The second kappa shape index (κ2) is 4.69. The van der Waals surface area contributed by atoms with E-state index in [1.807, 2.05) is 0 Å². The Balaban J connectivity index is 1.78. The first-order chi connectivity index (χ1) is 8.38. The third kappa shape index (κ3) is 2.06. The standard InChI is InChI=1S/C15H21NO/c1-17-14-8-5-12(6-9-14)15-10-7-13-4-2-3-11-16(13)15/h5-6,8-9,13,15H,2-4,7,10-11H2,1H3/t13-,15-/m0/s1. The van der Waals surface area contributed by atoms with Gasteiger partial charge in [0.05, 0.1) is 7.11 Å². The van der Waals surface area contributed by atoms with Gasteiger partial charge in [-0.15, -0.1) is 0 Å². The fourth-order valence-electron chi connectivity index (χ4n) is 3.44. The SMILES string of the molecule is COc1ccc([C@@H]2CC[C@@H]3CCCCN32)cc1. The zero-order valence-electron chi connectivity index (χ0n) is 10.6. The number of ether oxygens (including phenoxy) is 1. The van der Waals surface area contributed by atoms with E-state index in [4.69, 9.17) is 4.74 Å². The number of hydrogen-bond acceptors (Lipinski definition) is 2. The summed E-state index contributed by atoms with van der Waals surface area (Å²) < 4.78 is 5.22. The second-order valence-electron chi connectivity index (χ2n) is 5.25. The van der Waals surface area contributed by atoms with E-state index in [1.54, 1.807) is 7.11 Å². The lowest BCUT2D eigenvalue weighted by Gasteiger charge is -2.34. The maximum Gasteiger partial charge on any atom is 0.118 e. The predicted octanol–water partition coefficient (Wildman–Crippen LogP) is 3.38. The molecule has 0 bridgehead atoms. The minimum Gasteiger partial charge on any atom is -0.497 e. The van der Waals surface area contributed by atoms with Crippen molar-refractivity contribution in [3.05, 3.63) is 29.8 Å². The number of benzene rings is 1. The zero-order chi connectivity index (χ0) is 11.7. The average molecular weight is 231 g/mol. The highest BCUT2D eigenvalue weighted by atomic mass is 16.5. The molecule has 2 heterocycles. The van der Waals surface area contributed by atoms with Gasteiger partial charge < -0.3 is 4.74 Å². The van der Waals surface area contributed by atoms with Gasteiger partial charge in [-0.3, -0.25) is 4.90 Å². The summed E-state index contributed by atoms with van der Waals surface area (Å²) in [5.41, 5.74) is 1.47. The van der Waals surface area contributed by atoms with E-state index in [1.165, 1.54) is 44.2 Å². The smallest absolute Gasteiger partial charge is 0.118 e. The topological polar surface area (TPSA) is 12.5 Å². The van der Waals surface area contributed by atoms with Crippen molar-refractivity contribution in [2.45, 2.75) is 44.2 Å². The van der Waals surface area contributed by atoms with Gasteiger partial charge in [0, 0.05) is 12.1 Å². The Labute approximate surface area is 104 Å². The molecule has 2 fully saturated rings. The molecule has 2 aliphatic rings. The van der Waals surface area contributed by atoms with Gasteiger partial charge in [0.15, 0.2) is 0 Å². The monoisotopic (exact) mass is 231 g/mol. The summed E-state index contributed by atoms with van der Waals surface area (Å²) in [5.74, 6) is 0.960. The first-order valence-electron chi connectivity index (χ1n) is 6.78. The minimum atomic E-state index is 0.659. The summed E-state index contributed by atoms with van der Waals surface area (Å²) in [6.07, 6.45) is 6.93. The number of piperidine rings is 1. The van der Waals surface area contributed by atoms with Gasteiger partial charge in [-0.05, 0) is 49.9 Å². The maximum atomic E-state index is 5.22. The molecule has 0 spiro atoms. The Morgan fingerprint density at radius 3 is 2.65 bits per heavy atom. The molecule has 3 rings (SSSR count). The highest BCUT2D eigenvalue weighted by Gasteiger charge is 2.35. The lowest BCUT2D eigenvalue weighted by atomic mass is 10.0. The molecular weight excluding hydrogens is 210 g/mol. The Morgan fingerprint density at radius 2 is 1.88 bits per heavy atom. The van der Waals surface area contributed by atoms with Crippen molar-refractivity contribution in [3.63, 3.8) is 0 Å². The average Bonchev–Trinajstić information content (AvgIpc) is 2.83. The van der Waals surface area contributed by atoms with Crippen LogP contribution in [0.5, 0.6) is 5.75 Å². The van der Waals surface area contributed by atoms with Gasteiger partial charge in [0.1, 0.15) is 5.75 Å². The lowest BCUT2D eigenvalue weighted by Crippen LogP contribution is -2.35. The van der Waals surface area contributed by atoms with Gasteiger partial charge in [-0.2, -0.15) is 0 Å². The molecule has 2 atom stereocenters. The fraction of sp³-hybridized carbons (Fsp3) is 0.600. The van der Waals surface area contributed by atoms with Crippen molar-refractivity contribution in [2.75, 3.05) is 13.7 Å². The summed E-state index contributed by atoms with van der Waals surface area (Å²) in [6.45, 7) is 1.29. The molecule has 2 heteroatoms. The van der Waals surface area contributed by atoms with E-state index in [2.05, 4.69) is 29.2 Å². The Bertz CT molecular complexity index is 373. The Hall–Kier alpha value is -1.02. The van der Waals surface area contributed by atoms with Crippen LogP contribution in [0.25, 0.3) is 0 Å². The van der Waals surface area contributed by atoms with Crippen molar-refractivity contribution in [3.8, 4) is 5.75 Å². The second-order valence-corrected chi connectivity index (χ2v) is 5.25. The highest BCUT2D eigenvalue weighted by molar-refractivity contribution is 5.29. The number of methoxy groups -OCH3 is 1. The van der Waals surface area contributed by atoms with Crippen LogP contribution in [0, 0.1) is 0 Å². The first-order valence-corrected chi connectivity index (χ1v) is 6.78. The molecular formula is C15H21NO. The van der Waals surface area contributed by atoms with E-state index < -0.39 is 0 Å². The third-order valence-electron chi connectivity index (χ3n) is 4.35. The molecule has 0 aromatic heterocycles. The summed E-state index contributed by atoms with van der Waals surface area (Å²) in [7, 11) is 1.73. The Morgan fingerprint density at radius 1 is 1.06 bits per heavy atom. The fourth-order valence-corrected chi connectivity index (χ4v) is 3.44. The molecule has 1 aromatic rings. The van der Waals surface area contributed by atoms with Crippen molar-refractivity contribution in [2.24, 2.45) is 0 Å². The van der Waals surface area contributed by atoms with Crippen LogP contribution in [0.4, 0.5) is 0 Å². The van der Waals surface area contributed by atoms with Crippen molar-refractivity contribution < 1.29 is 4.74 Å². The van der Waals surface area contributed by atoms with Crippen LogP contribution < -0.4 is 4.74 Å². The molecule has 2 saturated heterocycles. The highest BCUT2D eigenvalue weighted by Crippen LogP contribution is 2.40. The summed E-state index contributed by atoms with van der Waals surface area (Å²) in [6, 6.07) is 10.2. The van der Waals surface area contributed by atoms with Gasteiger partial charge in [0.25, 0.3) is 0 Å². The van der Waals surface area contributed by atoms with Gasteiger partial charge in [-0.25, -0.2) is 0 Å². The van der Waals surface area contributed by atoms with Crippen LogP contribution in [-0.4, -0.2) is 24.6 Å². The van der Waals surface area contributed by atoms with Crippen molar-refractivity contribution in [1.82, 2.24) is 4.90 Å². The van der Waals surface area contributed by atoms with Crippen LogP contribution in [0.1, 0.15) is 43.7 Å². The molecule has 2 aliphatic heterocycles. The van der Waals surface area contributed by atoms with E-state index in [9.17, 15) is 0 Å². The lowest BCUT2D eigenvalue weighted by molar-refractivity contribution is 0.150. The maximum absolute atomic E-state index is 5.22. The van der Waals surface area contributed by atoms with Crippen LogP contribution in [0.15, 0.2) is 24.3 Å². The minimum absolute atomic E-state index is 0.659. The van der Waals surface area contributed by atoms with Crippen molar-refractivity contribution >= 4 is 0 Å². The van der Waals surface area contributed by atoms with Crippen LogP contribution in [0.2, 0.25) is 0 Å². The Kier molecular flexibility index (Phi) is 3.06. The van der Waals surface area contributed by atoms with Crippen molar-refractivity contribution in [1.29, 1.82) is 0 Å². The summed E-state index contributed by atoms with van der Waals surface area (Å²) in [4.78, 5) is 2.73. The number of nitrogens with zero attached hydrogens (tertiary/aromatic N) is 1. The van der Waals surface area contributed by atoms with Crippen LogP contribution in [0.3, 0.4) is 0 Å². The van der Waals surface area contributed by atoms with Gasteiger partial charge in [-0.1, -0.05) is 18.6 Å². The molecule has 1 aromatic carbocycles.